The Balaban J connectivity index is 0.00000264. The minimum Gasteiger partial charge on any atom is -0.314 e. The van der Waals surface area contributed by atoms with Crippen LogP contribution >= 0.6 is 24.8 Å². The van der Waals surface area contributed by atoms with Gasteiger partial charge in [-0.1, -0.05) is 0 Å². The lowest BCUT2D eigenvalue weighted by molar-refractivity contribution is -0.138. The molecule has 1 aliphatic heterocycles. The molecular weight excluding hydrogens is 381 g/mol. The number of halogens is 8. The first-order valence-corrected chi connectivity index (χ1v) is 6.94. The number of hydrogen-bond donors (Lipinski definition) is 1. The molecule has 0 aliphatic carbocycles. The van der Waals surface area contributed by atoms with Crippen LogP contribution in [0.15, 0.2) is 12.1 Å². The van der Waals surface area contributed by atoms with Gasteiger partial charge in [-0.3, -0.25) is 4.90 Å². The highest BCUT2D eigenvalue weighted by molar-refractivity contribution is 5.85. The van der Waals surface area contributed by atoms with Gasteiger partial charge in [0.05, 0.1) is 0 Å². The van der Waals surface area contributed by atoms with Crippen molar-refractivity contribution in [2.75, 3.05) is 26.2 Å². The molecule has 24 heavy (non-hydrogen) atoms. The van der Waals surface area contributed by atoms with Crippen molar-refractivity contribution in [1.29, 1.82) is 0 Å². The summed E-state index contributed by atoms with van der Waals surface area (Å²) in [6.07, 6.45) is -5.99. The van der Waals surface area contributed by atoms with E-state index in [4.69, 9.17) is 0 Å². The SMILES string of the molecule is Cl.Cl.Fc1cc(F)c(F)c([C@H](CCC(F)(F)F)N2CCNCC2)c1. The highest BCUT2D eigenvalue weighted by Gasteiger charge is 2.33. The van der Waals surface area contributed by atoms with Gasteiger partial charge in [-0.25, -0.2) is 13.2 Å². The standard InChI is InChI=1S/C14H16F6N2.2ClH/c15-9-7-10(13(17)11(16)8-9)12(1-2-14(18,19)20)22-5-3-21-4-6-22;;/h7-8,12,21H,1-6H2;2*1H/t12-;;/m0../s1. The molecule has 1 N–H and O–H groups in total. The Morgan fingerprint density at radius 2 is 1.62 bits per heavy atom. The van der Waals surface area contributed by atoms with Crippen LogP contribution in [0.25, 0.3) is 0 Å². The van der Waals surface area contributed by atoms with Gasteiger partial charge < -0.3 is 5.32 Å². The molecule has 0 aromatic heterocycles. The van der Waals surface area contributed by atoms with Crippen LogP contribution < -0.4 is 5.32 Å². The fourth-order valence-corrected chi connectivity index (χ4v) is 2.65. The second-order valence-corrected chi connectivity index (χ2v) is 5.25. The number of piperazine rings is 1. The number of nitrogens with zero attached hydrogens (tertiary/aromatic N) is 1. The normalized spacial score (nSPS) is 16.9. The smallest absolute Gasteiger partial charge is 0.314 e. The quantitative estimate of drug-likeness (QED) is 0.602. The Morgan fingerprint density at radius 3 is 2.17 bits per heavy atom. The number of benzene rings is 1. The van der Waals surface area contributed by atoms with Crippen LogP contribution in [0.5, 0.6) is 0 Å². The van der Waals surface area contributed by atoms with Crippen LogP contribution in [0.1, 0.15) is 24.4 Å². The van der Waals surface area contributed by atoms with Gasteiger partial charge in [0, 0.05) is 50.3 Å². The maximum absolute atomic E-state index is 13.9. The van der Waals surface area contributed by atoms with Gasteiger partial charge in [0.15, 0.2) is 11.6 Å². The largest absolute Gasteiger partial charge is 0.389 e. The summed E-state index contributed by atoms with van der Waals surface area (Å²) in [5.74, 6) is -3.67. The zero-order chi connectivity index (χ0) is 16.3. The second-order valence-electron chi connectivity index (χ2n) is 5.25. The first kappa shape index (κ1) is 23.3. The Kier molecular flexibility index (Phi) is 9.41. The monoisotopic (exact) mass is 398 g/mol. The van der Waals surface area contributed by atoms with E-state index in [-0.39, 0.29) is 30.4 Å². The molecule has 0 spiro atoms. The van der Waals surface area contributed by atoms with Crippen LogP contribution in [0.2, 0.25) is 0 Å². The number of nitrogens with one attached hydrogen (secondary N) is 1. The zero-order valence-electron chi connectivity index (χ0n) is 12.5. The lowest BCUT2D eigenvalue weighted by Gasteiger charge is -2.35. The number of rotatable bonds is 4. The van der Waals surface area contributed by atoms with Crippen molar-refractivity contribution in [1.82, 2.24) is 10.2 Å². The molecule has 0 radical (unpaired) electrons. The van der Waals surface area contributed by atoms with Gasteiger partial charge in [0.25, 0.3) is 0 Å². The summed E-state index contributed by atoms with van der Waals surface area (Å²) in [6.45, 7) is 1.84. The van der Waals surface area contributed by atoms with Crippen LogP contribution in [-0.2, 0) is 0 Å². The topological polar surface area (TPSA) is 15.3 Å². The Labute approximate surface area is 148 Å². The van der Waals surface area contributed by atoms with E-state index in [1.165, 1.54) is 0 Å². The fraction of sp³-hybridized carbons (Fsp3) is 0.571. The summed E-state index contributed by atoms with van der Waals surface area (Å²) in [5, 5.41) is 3.02. The van der Waals surface area contributed by atoms with Crippen molar-refractivity contribution in [3.8, 4) is 0 Å². The van der Waals surface area contributed by atoms with Gasteiger partial charge in [0.2, 0.25) is 0 Å². The van der Waals surface area contributed by atoms with Gasteiger partial charge in [0.1, 0.15) is 5.82 Å². The predicted molar refractivity (Wildman–Crippen MR) is 83.3 cm³/mol. The molecule has 2 rings (SSSR count). The molecule has 1 aromatic rings. The Morgan fingerprint density at radius 1 is 1.04 bits per heavy atom. The molecule has 0 saturated carbocycles. The molecule has 0 amide bonds. The summed E-state index contributed by atoms with van der Waals surface area (Å²) in [7, 11) is 0. The van der Waals surface area contributed by atoms with Crippen LogP contribution in [0, 0.1) is 17.5 Å². The third-order valence-corrected chi connectivity index (χ3v) is 3.67. The molecule has 10 heteroatoms. The van der Waals surface area contributed by atoms with Crippen LogP contribution in [0.4, 0.5) is 26.3 Å². The van der Waals surface area contributed by atoms with E-state index in [1.807, 2.05) is 0 Å². The van der Waals surface area contributed by atoms with E-state index >= 15 is 0 Å². The van der Waals surface area contributed by atoms with Crippen molar-refractivity contribution in [3.05, 3.63) is 35.1 Å². The summed E-state index contributed by atoms with van der Waals surface area (Å²) in [5.41, 5.74) is -0.358. The molecule has 1 aliphatic rings. The molecule has 140 valence electrons. The molecule has 1 aromatic carbocycles. The molecule has 0 bridgehead atoms. The van der Waals surface area contributed by atoms with Gasteiger partial charge in [-0.05, 0) is 12.5 Å². The van der Waals surface area contributed by atoms with Crippen LogP contribution in [0.3, 0.4) is 0 Å². The summed E-state index contributed by atoms with van der Waals surface area (Å²) in [4.78, 5) is 1.62. The van der Waals surface area contributed by atoms with E-state index in [1.54, 1.807) is 4.90 Å². The van der Waals surface area contributed by atoms with Gasteiger partial charge in [-0.15, -0.1) is 24.8 Å². The lowest BCUT2D eigenvalue weighted by Crippen LogP contribution is -2.45. The first-order chi connectivity index (χ1) is 10.3. The highest BCUT2D eigenvalue weighted by Crippen LogP contribution is 2.33. The van der Waals surface area contributed by atoms with E-state index in [2.05, 4.69) is 5.32 Å². The Bertz CT molecular complexity index is 521. The molecule has 1 saturated heterocycles. The maximum atomic E-state index is 13.9. The van der Waals surface area contributed by atoms with E-state index in [0.29, 0.717) is 32.2 Å². The van der Waals surface area contributed by atoms with Gasteiger partial charge in [-0.2, -0.15) is 13.2 Å². The van der Waals surface area contributed by atoms with Crippen molar-refractivity contribution < 1.29 is 26.3 Å². The number of hydrogen-bond acceptors (Lipinski definition) is 2. The van der Waals surface area contributed by atoms with Crippen molar-refractivity contribution in [2.45, 2.75) is 25.1 Å². The first-order valence-electron chi connectivity index (χ1n) is 6.94. The molecule has 0 unspecified atom stereocenters. The minimum absolute atomic E-state index is 0. The molecule has 1 atom stereocenters. The van der Waals surface area contributed by atoms with Crippen molar-refractivity contribution in [3.63, 3.8) is 0 Å². The van der Waals surface area contributed by atoms with E-state index < -0.39 is 42.5 Å². The average Bonchev–Trinajstić information content (AvgIpc) is 2.44. The molecular formula is C14H18Cl2F6N2. The predicted octanol–water partition coefficient (Wildman–Crippen LogP) is 4.24. The zero-order valence-corrected chi connectivity index (χ0v) is 14.1. The van der Waals surface area contributed by atoms with Crippen LogP contribution in [-0.4, -0.2) is 37.3 Å². The minimum atomic E-state index is -4.41. The van der Waals surface area contributed by atoms with Crippen molar-refractivity contribution in [2.24, 2.45) is 0 Å². The van der Waals surface area contributed by atoms with E-state index in [0.717, 1.165) is 6.07 Å². The summed E-state index contributed by atoms with van der Waals surface area (Å²) in [6, 6.07) is 0.160. The third kappa shape index (κ3) is 6.31. The fourth-order valence-electron chi connectivity index (χ4n) is 2.65. The summed E-state index contributed by atoms with van der Waals surface area (Å²) >= 11 is 0. The number of alkyl halides is 3. The third-order valence-electron chi connectivity index (χ3n) is 3.67. The Hall–Kier alpha value is -0.700. The maximum Gasteiger partial charge on any atom is 0.389 e. The summed E-state index contributed by atoms with van der Waals surface area (Å²) < 4.78 is 78.1. The van der Waals surface area contributed by atoms with Crippen molar-refractivity contribution >= 4 is 24.8 Å². The molecule has 1 heterocycles. The lowest BCUT2D eigenvalue weighted by atomic mass is 9.98. The molecule has 1 fully saturated rings. The highest BCUT2D eigenvalue weighted by atomic mass is 35.5. The molecule has 2 nitrogen and oxygen atoms in total. The van der Waals surface area contributed by atoms with E-state index in [9.17, 15) is 26.3 Å². The average molecular weight is 399 g/mol. The van der Waals surface area contributed by atoms with Gasteiger partial charge >= 0.3 is 6.18 Å². The second kappa shape index (κ2) is 9.70.